The van der Waals surface area contributed by atoms with Crippen LogP contribution >= 0.6 is 0 Å². The highest BCUT2D eigenvalue weighted by atomic mass is 16.1. The molecule has 0 unspecified atom stereocenters. The van der Waals surface area contributed by atoms with Crippen molar-refractivity contribution in [3.8, 4) is 0 Å². The van der Waals surface area contributed by atoms with Crippen molar-refractivity contribution < 1.29 is 4.79 Å². The zero-order valence-corrected chi connectivity index (χ0v) is 7.55. The molecule has 2 nitrogen and oxygen atoms in total. The second-order valence-electron chi connectivity index (χ2n) is 2.82. The lowest BCUT2D eigenvalue weighted by Gasteiger charge is -2.01. The summed E-state index contributed by atoms with van der Waals surface area (Å²) in [6, 6.07) is 0.447. The van der Waals surface area contributed by atoms with Gasteiger partial charge in [0.1, 0.15) is 5.78 Å². The van der Waals surface area contributed by atoms with Crippen molar-refractivity contribution in [1.29, 1.82) is 0 Å². The summed E-state index contributed by atoms with van der Waals surface area (Å²) in [6.07, 6.45) is 4.90. The molecule has 0 radical (unpaired) electrons. The Morgan fingerprint density at radius 1 is 1.55 bits per heavy atom. The van der Waals surface area contributed by atoms with Crippen LogP contribution in [0, 0.1) is 0 Å². The summed E-state index contributed by atoms with van der Waals surface area (Å²) in [5, 5.41) is 3.09. The van der Waals surface area contributed by atoms with Crippen LogP contribution in [-0.2, 0) is 4.79 Å². The van der Waals surface area contributed by atoms with E-state index >= 15 is 0 Å². The largest absolute Gasteiger partial charge is 0.389 e. The molecule has 0 spiro atoms. The van der Waals surface area contributed by atoms with Crippen molar-refractivity contribution in [1.82, 2.24) is 5.32 Å². The molecule has 0 aromatic heterocycles. The van der Waals surface area contributed by atoms with E-state index in [-0.39, 0.29) is 5.78 Å². The lowest BCUT2D eigenvalue weighted by Crippen LogP contribution is -2.15. The van der Waals surface area contributed by atoms with Gasteiger partial charge < -0.3 is 5.32 Å². The topological polar surface area (TPSA) is 29.1 Å². The normalized spacial score (nSPS) is 10.9. The average molecular weight is 155 g/mol. The molecule has 0 fully saturated rings. The number of ketones is 1. The maximum absolute atomic E-state index is 10.8. The molecule has 1 N–H and O–H groups in total. The lowest BCUT2D eigenvalue weighted by molar-refractivity contribution is -0.117. The van der Waals surface area contributed by atoms with E-state index in [1.54, 1.807) is 0 Å². The highest BCUT2D eigenvalue weighted by Crippen LogP contribution is 1.89. The zero-order chi connectivity index (χ0) is 8.69. The van der Waals surface area contributed by atoms with Crippen LogP contribution in [0.1, 0.15) is 33.6 Å². The van der Waals surface area contributed by atoms with Crippen molar-refractivity contribution in [2.45, 2.75) is 39.7 Å². The molecule has 2 heteroatoms. The van der Waals surface area contributed by atoms with Gasteiger partial charge in [-0.3, -0.25) is 4.79 Å². The molecule has 0 saturated carbocycles. The van der Waals surface area contributed by atoms with Gasteiger partial charge >= 0.3 is 0 Å². The van der Waals surface area contributed by atoms with Gasteiger partial charge in [0.05, 0.1) is 0 Å². The van der Waals surface area contributed by atoms with Crippen molar-refractivity contribution in [3.05, 3.63) is 12.3 Å². The molecule has 0 amide bonds. The summed E-state index contributed by atoms with van der Waals surface area (Å²) >= 11 is 0. The summed E-state index contributed by atoms with van der Waals surface area (Å²) < 4.78 is 0. The Bertz CT molecular complexity index is 138. The van der Waals surface area contributed by atoms with Crippen molar-refractivity contribution in [3.63, 3.8) is 0 Å². The molecule has 0 saturated heterocycles. The van der Waals surface area contributed by atoms with E-state index in [2.05, 4.69) is 19.2 Å². The van der Waals surface area contributed by atoms with E-state index < -0.39 is 0 Å². The Morgan fingerprint density at radius 2 is 2.18 bits per heavy atom. The maximum Gasteiger partial charge on any atom is 0.136 e. The number of hydrogen-bond acceptors (Lipinski definition) is 2. The van der Waals surface area contributed by atoms with Crippen molar-refractivity contribution in [2.24, 2.45) is 0 Å². The standard InChI is InChI=1S/C9H17NO/c1-4-9(11)6-5-7-10-8(2)3/h5,7-8,10H,4,6H2,1-3H3/b7-5-. The van der Waals surface area contributed by atoms with E-state index in [1.807, 2.05) is 19.2 Å². The predicted octanol–water partition coefficient (Wildman–Crippen LogP) is 1.87. The SMILES string of the molecule is CCC(=O)C/C=C\NC(C)C. The Kier molecular flexibility index (Phi) is 5.53. The van der Waals surface area contributed by atoms with Crippen LogP contribution < -0.4 is 5.32 Å². The third-order valence-electron chi connectivity index (χ3n) is 1.29. The number of Topliss-reactive ketones (excluding diaryl/α,β-unsaturated/α-hetero) is 1. The molecule has 0 aliphatic carbocycles. The first-order valence-corrected chi connectivity index (χ1v) is 4.09. The van der Waals surface area contributed by atoms with Crippen molar-refractivity contribution in [2.75, 3.05) is 0 Å². The summed E-state index contributed by atoms with van der Waals surface area (Å²) in [6.45, 7) is 6.00. The van der Waals surface area contributed by atoms with Crippen LogP contribution in [0.4, 0.5) is 0 Å². The lowest BCUT2D eigenvalue weighted by atomic mass is 10.2. The van der Waals surface area contributed by atoms with Gasteiger partial charge in [0.2, 0.25) is 0 Å². The second-order valence-corrected chi connectivity index (χ2v) is 2.82. The molecule has 0 atom stereocenters. The fourth-order valence-corrected chi connectivity index (χ4v) is 0.595. The minimum absolute atomic E-state index is 0.284. The highest BCUT2D eigenvalue weighted by Gasteiger charge is 1.91. The van der Waals surface area contributed by atoms with Crippen LogP contribution in [0.25, 0.3) is 0 Å². The minimum Gasteiger partial charge on any atom is -0.389 e. The van der Waals surface area contributed by atoms with Gasteiger partial charge in [-0.2, -0.15) is 0 Å². The monoisotopic (exact) mass is 155 g/mol. The minimum atomic E-state index is 0.284. The molecule has 11 heavy (non-hydrogen) atoms. The molecule has 64 valence electrons. The van der Waals surface area contributed by atoms with E-state index in [9.17, 15) is 4.79 Å². The molecule has 0 aliphatic rings. The fraction of sp³-hybridized carbons (Fsp3) is 0.667. The molecule has 0 aromatic carbocycles. The number of rotatable bonds is 5. The average Bonchev–Trinajstić information content (AvgIpc) is 1.97. The van der Waals surface area contributed by atoms with E-state index in [4.69, 9.17) is 0 Å². The number of hydrogen-bond donors (Lipinski definition) is 1. The first kappa shape index (κ1) is 10.2. The Morgan fingerprint density at radius 3 is 2.64 bits per heavy atom. The Labute approximate surface area is 68.7 Å². The summed E-state index contributed by atoms with van der Waals surface area (Å²) in [5.41, 5.74) is 0. The first-order valence-electron chi connectivity index (χ1n) is 4.09. The molecule has 0 rings (SSSR count). The van der Waals surface area contributed by atoms with Gasteiger partial charge in [-0.05, 0) is 20.0 Å². The maximum atomic E-state index is 10.8. The van der Waals surface area contributed by atoms with Gasteiger partial charge in [-0.1, -0.05) is 13.0 Å². The summed E-state index contributed by atoms with van der Waals surface area (Å²) in [7, 11) is 0. The number of nitrogens with one attached hydrogen (secondary N) is 1. The molecule has 0 aliphatic heterocycles. The summed E-state index contributed by atoms with van der Waals surface area (Å²) in [4.78, 5) is 10.8. The quantitative estimate of drug-likeness (QED) is 0.656. The van der Waals surface area contributed by atoms with Gasteiger partial charge in [0.25, 0.3) is 0 Å². The first-order chi connectivity index (χ1) is 5.16. The van der Waals surface area contributed by atoms with Gasteiger partial charge in [0.15, 0.2) is 0 Å². The smallest absolute Gasteiger partial charge is 0.136 e. The Hall–Kier alpha value is -0.790. The third kappa shape index (κ3) is 7.10. The van der Waals surface area contributed by atoms with E-state index in [1.165, 1.54) is 0 Å². The third-order valence-corrected chi connectivity index (χ3v) is 1.29. The van der Waals surface area contributed by atoms with Crippen LogP contribution in [0.2, 0.25) is 0 Å². The van der Waals surface area contributed by atoms with Gasteiger partial charge in [0, 0.05) is 18.9 Å². The van der Waals surface area contributed by atoms with Crippen LogP contribution in [0.3, 0.4) is 0 Å². The highest BCUT2D eigenvalue weighted by molar-refractivity contribution is 5.79. The fourth-order valence-electron chi connectivity index (χ4n) is 0.595. The summed E-state index contributed by atoms with van der Waals surface area (Å²) in [5.74, 6) is 0.284. The van der Waals surface area contributed by atoms with Crippen LogP contribution in [-0.4, -0.2) is 11.8 Å². The van der Waals surface area contributed by atoms with E-state index in [0.29, 0.717) is 18.9 Å². The van der Waals surface area contributed by atoms with Gasteiger partial charge in [-0.25, -0.2) is 0 Å². The molecule has 0 bridgehead atoms. The van der Waals surface area contributed by atoms with E-state index in [0.717, 1.165) is 0 Å². The number of carbonyl (C=O) groups is 1. The van der Waals surface area contributed by atoms with Crippen molar-refractivity contribution >= 4 is 5.78 Å². The molecule has 0 aromatic rings. The Balaban J connectivity index is 3.37. The zero-order valence-electron chi connectivity index (χ0n) is 7.55. The van der Waals surface area contributed by atoms with Crippen LogP contribution in [0.5, 0.6) is 0 Å². The molecular formula is C9H17NO. The molecule has 0 heterocycles. The number of allylic oxidation sites excluding steroid dienone is 1. The molecular weight excluding hydrogens is 138 g/mol. The number of carbonyl (C=O) groups excluding carboxylic acids is 1. The second kappa shape index (κ2) is 5.96. The van der Waals surface area contributed by atoms with Crippen LogP contribution in [0.15, 0.2) is 12.3 Å². The van der Waals surface area contributed by atoms with Gasteiger partial charge in [-0.15, -0.1) is 0 Å². The predicted molar refractivity (Wildman–Crippen MR) is 47.3 cm³/mol.